The quantitative estimate of drug-likeness (QED) is 0.388. The fourth-order valence-electron chi connectivity index (χ4n) is 4.31. The lowest BCUT2D eigenvalue weighted by molar-refractivity contribution is 0.292. The molecule has 1 heterocycles. The molecule has 0 amide bonds. The molecule has 0 aliphatic rings. The van der Waals surface area contributed by atoms with Crippen LogP contribution in [0.4, 0.5) is 0 Å². The summed E-state index contributed by atoms with van der Waals surface area (Å²) < 4.78 is 31.2. The van der Waals surface area contributed by atoms with Gasteiger partial charge in [-0.15, -0.1) is 0 Å². The molecule has 0 spiro atoms. The number of rotatable bonds is 7. The van der Waals surface area contributed by atoms with Gasteiger partial charge in [0.05, 0.1) is 21.8 Å². The van der Waals surface area contributed by atoms with E-state index in [1.54, 1.807) is 28.8 Å². The van der Waals surface area contributed by atoms with Crippen LogP contribution in [0.15, 0.2) is 76.4 Å². The first kappa shape index (κ1) is 23.1. The first-order chi connectivity index (χ1) is 15.8. The lowest BCUT2D eigenvalue weighted by Crippen LogP contribution is -2.39. The highest BCUT2D eigenvalue weighted by Crippen LogP contribution is 2.32. The molecular formula is C26H29N3O3S. The number of fused-ring (bicyclic) bond motifs is 2. The van der Waals surface area contributed by atoms with E-state index in [0.717, 1.165) is 5.39 Å². The number of hydrogen-bond donors (Lipinski definition) is 0. The van der Waals surface area contributed by atoms with Crippen LogP contribution in [-0.2, 0) is 16.6 Å². The Labute approximate surface area is 194 Å². The van der Waals surface area contributed by atoms with Crippen molar-refractivity contribution in [2.24, 2.45) is 5.92 Å². The summed E-state index contributed by atoms with van der Waals surface area (Å²) >= 11 is 0. The third-order valence-corrected chi connectivity index (χ3v) is 7.89. The third-order valence-electron chi connectivity index (χ3n) is 5.89. The minimum absolute atomic E-state index is 0.0828. The summed E-state index contributed by atoms with van der Waals surface area (Å²) in [6.07, 6.45) is 0. The summed E-state index contributed by atoms with van der Waals surface area (Å²) in [5.74, 6) is 0.533. The summed E-state index contributed by atoms with van der Waals surface area (Å²) in [5, 5.41) is 2.08. The highest BCUT2D eigenvalue weighted by Gasteiger charge is 2.34. The molecule has 0 aliphatic carbocycles. The van der Waals surface area contributed by atoms with Crippen molar-refractivity contribution in [2.45, 2.75) is 45.2 Å². The van der Waals surface area contributed by atoms with Gasteiger partial charge in [0.15, 0.2) is 0 Å². The Kier molecular flexibility index (Phi) is 6.36. The van der Waals surface area contributed by atoms with Crippen LogP contribution in [-0.4, -0.2) is 28.8 Å². The summed E-state index contributed by atoms with van der Waals surface area (Å²) in [7, 11) is -3.88. The summed E-state index contributed by atoms with van der Waals surface area (Å²) in [6.45, 7) is 8.37. The summed E-state index contributed by atoms with van der Waals surface area (Å²) in [4.78, 5) is 18.2. The topological polar surface area (TPSA) is 72.3 Å². The Hall–Kier alpha value is -3.03. The van der Waals surface area contributed by atoms with Gasteiger partial charge in [0.25, 0.3) is 5.56 Å². The molecule has 3 aromatic carbocycles. The van der Waals surface area contributed by atoms with Crippen LogP contribution >= 0.6 is 0 Å². The van der Waals surface area contributed by atoms with Gasteiger partial charge in [-0.3, -0.25) is 9.36 Å². The van der Waals surface area contributed by atoms with Crippen LogP contribution in [0.1, 0.15) is 39.6 Å². The normalized spacial score (nSPS) is 13.3. The molecule has 0 bridgehead atoms. The number of nitrogens with zero attached hydrogens (tertiary/aromatic N) is 3. The van der Waals surface area contributed by atoms with Crippen molar-refractivity contribution in [1.29, 1.82) is 0 Å². The molecule has 0 saturated heterocycles. The smallest absolute Gasteiger partial charge is 0.261 e. The van der Waals surface area contributed by atoms with Gasteiger partial charge < -0.3 is 0 Å². The third kappa shape index (κ3) is 4.18. The van der Waals surface area contributed by atoms with E-state index in [4.69, 9.17) is 4.98 Å². The Morgan fingerprint density at radius 3 is 2.24 bits per heavy atom. The maximum Gasteiger partial charge on any atom is 0.261 e. The van der Waals surface area contributed by atoms with Crippen molar-refractivity contribution in [3.63, 3.8) is 0 Å². The monoisotopic (exact) mass is 463 g/mol. The molecule has 0 fully saturated rings. The van der Waals surface area contributed by atoms with E-state index in [9.17, 15) is 13.2 Å². The SMILES string of the molecule is CCn1c(C(C)N(CC(C)C)S(=O)(=O)c2cccc3ccccc23)nc2ccccc2c1=O. The maximum absolute atomic E-state index is 14.1. The van der Waals surface area contributed by atoms with Gasteiger partial charge in [-0.2, -0.15) is 4.31 Å². The Morgan fingerprint density at radius 1 is 0.909 bits per heavy atom. The van der Waals surface area contributed by atoms with E-state index in [1.807, 2.05) is 70.2 Å². The number of benzene rings is 3. The van der Waals surface area contributed by atoms with Crippen LogP contribution in [0.5, 0.6) is 0 Å². The zero-order valence-corrected chi connectivity index (χ0v) is 20.2. The van der Waals surface area contributed by atoms with Gasteiger partial charge in [0.2, 0.25) is 10.0 Å². The molecule has 172 valence electrons. The number of aromatic nitrogens is 2. The van der Waals surface area contributed by atoms with Gasteiger partial charge in [-0.05, 0) is 43.4 Å². The molecular weight excluding hydrogens is 434 g/mol. The van der Waals surface area contributed by atoms with Crippen molar-refractivity contribution >= 4 is 31.7 Å². The molecule has 0 aliphatic heterocycles. The van der Waals surface area contributed by atoms with Crippen molar-refractivity contribution < 1.29 is 8.42 Å². The second-order valence-electron chi connectivity index (χ2n) is 8.66. The van der Waals surface area contributed by atoms with Crippen molar-refractivity contribution in [3.05, 3.63) is 82.9 Å². The standard InChI is InChI=1S/C26H29N3O3S/c1-5-28-25(27-23-15-9-8-14-22(23)26(28)30)19(4)29(17-18(2)3)33(31,32)24-16-10-12-20-11-6-7-13-21(20)24/h6-16,18-19H,5,17H2,1-4H3. The van der Waals surface area contributed by atoms with E-state index < -0.39 is 16.1 Å². The van der Waals surface area contributed by atoms with Crippen LogP contribution in [0.25, 0.3) is 21.7 Å². The van der Waals surface area contributed by atoms with Crippen molar-refractivity contribution in [1.82, 2.24) is 13.9 Å². The molecule has 1 atom stereocenters. The second-order valence-corrected chi connectivity index (χ2v) is 10.5. The average Bonchev–Trinajstić information content (AvgIpc) is 2.81. The van der Waals surface area contributed by atoms with Gasteiger partial charge in [-0.1, -0.05) is 62.4 Å². The molecule has 0 radical (unpaired) electrons. The fraction of sp³-hybridized carbons (Fsp3) is 0.308. The number of para-hydroxylation sites is 1. The summed E-state index contributed by atoms with van der Waals surface area (Å²) in [5.41, 5.74) is 0.415. The van der Waals surface area contributed by atoms with Crippen molar-refractivity contribution in [3.8, 4) is 0 Å². The predicted octanol–water partition coefficient (Wildman–Crippen LogP) is 4.98. The van der Waals surface area contributed by atoms with Crippen molar-refractivity contribution in [2.75, 3.05) is 6.54 Å². The Balaban J connectivity index is 1.92. The van der Waals surface area contributed by atoms with E-state index in [0.29, 0.717) is 35.2 Å². The van der Waals surface area contributed by atoms with E-state index in [2.05, 4.69) is 0 Å². The van der Waals surface area contributed by atoms with Crippen LogP contribution in [0.3, 0.4) is 0 Å². The average molecular weight is 464 g/mol. The minimum atomic E-state index is -3.88. The summed E-state index contributed by atoms with van der Waals surface area (Å²) in [6, 6.07) is 19.4. The van der Waals surface area contributed by atoms with Crippen LogP contribution in [0.2, 0.25) is 0 Å². The predicted molar refractivity (Wildman–Crippen MR) is 133 cm³/mol. The highest BCUT2D eigenvalue weighted by atomic mass is 32.2. The van der Waals surface area contributed by atoms with Gasteiger partial charge in [-0.25, -0.2) is 13.4 Å². The molecule has 6 nitrogen and oxygen atoms in total. The number of hydrogen-bond acceptors (Lipinski definition) is 4. The molecule has 4 rings (SSSR count). The molecule has 0 N–H and O–H groups in total. The van der Waals surface area contributed by atoms with Gasteiger partial charge in [0, 0.05) is 18.5 Å². The number of sulfonamides is 1. The molecule has 4 aromatic rings. The lowest BCUT2D eigenvalue weighted by Gasteiger charge is -2.31. The fourth-order valence-corrected chi connectivity index (χ4v) is 6.28. The maximum atomic E-state index is 14.1. The lowest BCUT2D eigenvalue weighted by atomic mass is 10.1. The first-order valence-electron chi connectivity index (χ1n) is 11.2. The molecule has 7 heteroatoms. The Bertz CT molecular complexity index is 1470. The Morgan fingerprint density at radius 2 is 1.55 bits per heavy atom. The molecule has 33 heavy (non-hydrogen) atoms. The van der Waals surface area contributed by atoms with Crippen LogP contribution < -0.4 is 5.56 Å². The molecule has 0 saturated carbocycles. The van der Waals surface area contributed by atoms with Gasteiger partial charge in [0.1, 0.15) is 5.82 Å². The molecule has 1 unspecified atom stereocenters. The van der Waals surface area contributed by atoms with E-state index in [-0.39, 0.29) is 16.4 Å². The second kappa shape index (κ2) is 9.08. The minimum Gasteiger partial charge on any atom is -0.295 e. The largest absolute Gasteiger partial charge is 0.295 e. The van der Waals surface area contributed by atoms with Gasteiger partial charge >= 0.3 is 0 Å². The zero-order valence-electron chi connectivity index (χ0n) is 19.4. The van der Waals surface area contributed by atoms with E-state index in [1.165, 1.54) is 4.31 Å². The van der Waals surface area contributed by atoms with E-state index >= 15 is 0 Å². The zero-order chi connectivity index (χ0) is 23.8. The van der Waals surface area contributed by atoms with Crippen LogP contribution in [0, 0.1) is 5.92 Å². The molecule has 1 aromatic heterocycles. The first-order valence-corrected chi connectivity index (χ1v) is 12.7. The highest BCUT2D eigenvalue weighted by molar-refractivity contribution is 7.89.